The first-order valence-corrected chi connectivity index (χ1v) is 8.54. The molecular weight excluding hydrogens is 295 g/mol. The van der Waals surface area contributed by atoms with E-state index >= 15 is 0 Å². The van der Waals surface area contributed by atoms with Crippen LogP contribution in [0.25, 0.3) is 0 Å². The number of likely N-dealkylation sites (tertiary alicyclic amines) is 1. The first-order valence-electron chi connectivity index (χ1n) is 6.89. The van der Waals surface area contributed by atoms with Gasteiger partial charge in [0.05, 0.1) is 5.75 Å². The molecule has 2 rings (SSSR count). The number of nitrogens with zero attached hydrogens (tertiary/aromatic N) is 1. The number of nitrogens with one attached hydrogen (secondary N) is 1. The van der Waals surface area contributed by atoms with E-state index in [0.717, 1.165) is 5.56 Å². The van der Waals surface area contributed by atoms with E-state index in [4.69, 9.17) is 0 Å². The van der Waals surface area contributed by atoms with Crippen LogP contribution in [0.4, 0.5) is 4.39 Å². The van der Waals surface area contributed by atoms with Gasteiger partial charge in [-0.2, -0.15) is 0 Å². The Bertz CT molecular complexity index is 601. The molecule has 1 atom stereocenters. The smallest absolute Gasteiger partial charge is 0.223 e. The van der Waals surface area contributed by atoms with Crippen LogP contribution in [0.2, 0.25) is 0 Å². The molecule has 1 aromatic carbocycles. The van der Waals surface area contributed by atoms with E-state index in [0.29, 0.717) is 19.5 Å². The van der Waals surface area contributed by atoms with E-state index in [1.807, 2.05) is 0 Å². The van der Waals surface area contributed by atoms with E-state index in [1.54, 1.807) is 24.0 Å². The van der Waals surface area contributed by atoms with E-state index in [9.17, 15) is 17.6 Å². The molecule has 1 aliphatic heterocycles. The average Bonchev–Trinajstić information content (AvgIpc) is 2.80. The fraction of sp³-hybridized carbons (Fsp3) is 0.500. The molecule has 1 aliphatic rings. The van der Waals surface area contributed by atoms with E-state index < -0.39 is 10.0 Å². The summed E-state index contributed by atoms with van der Waals surface area (Å²) in [6.07, 6.45) is 0.341. The van der Waals surface area contributed by atoms with Crippen LogP contribution in [0.15, 0.2) is 24.3 Å². The predicted molar refractivity (Wildman–Crippen MR) is 77.4 cm³/mol. The lowest BCUT2D eigenvalue weighted by Gasteiger charge is -2.17. The Hall–Kier alpha value is -1.47. The summed E-state index contributed by atoms with van der Waals surface area (Å²) in [4.78, 5) is 13.6. The number of hydrogen-bond donors (Lipinski definition) is 1. The largest absolute Gasteiger partial charge is 0.338 e. The topological polar surface area (TPSA) is 66.5 Å². The minimum absolute atomic E-state index is 0.0000198. The second-order valence-corrected chi connectivity index (χ2v) is 7.32. The number of hydrogen-bond acceptors (Lipinski definition) is 3. The van der Waals surface area contributed by atoms with Gasteiger partial charge < -0.3 is 4.90 Å². The maximum Gasteiger partial charge on any atom is 0.223 e. The Balaban J connectivity index is 1.89. The van der Waals surface area contributed by atoms with Crippen molar-refractivity contribution in [1.29, 1.82) is 0 Å². The monoisotopic (exact) mass is 314 g/mol. The van der Waals surface area contributed by atoms with E-state index in [-0.39, 0.29) is 29.9 Å². The third-order valence-electron chi connectivity index (χ3n) is 3.55. The van der Waals surface area contributed by atoms with Crippen LogP contribution in [0, 0.1) is 11.7 Å². The summed E-state index contributed by atoms with van der Waals surface area (Å²) in [5.74, 6) is -0.287. The Morgan fingerprint density at radius 3 is 2.62 bits per heavy atom. The average molecular weight is 314 g/mol. The van der Waals surface area contributed by atoms with Gasteiger partial charge in [0.15, 0.2) is 0 Å². The molecule has 116 valence electrons. The van der Waals surface area contributed by atoms with Gasteiger partial charge in [-0.15, -0.1) is 0 Å². The van der Waals surface area contributed by atoms with Crippen molar-refractivity contribution in [2.24, 2.45) is 5.92 Å². The van der Waals surface area contributed by atoms with Gasteiger partial charge in [0.25, 0.3) is 0 Å². The summed E-state index contributed by atoms with van der Waals surface area (Å²) in [5.41, 5.74) is 0.861. The van der Waals surface area contributed by atoms with E-state index in [1.165, 1.54) is 12.1 Å². The molecule has 0 bridgehead atoms. The molecule has 0 unspecified atom stereocenters. The summed E-state index contributed by atoms with van der Waals surface area (Å²) in [7, 11) is -3.23. The fourth-order valence-corrected chi connectivity index (χ4v) is 2.99. The van der Waals surface area contributed by atoms with Gasteiger partial charge in [0.2, 0.25) is 15.9 Å². The van der Waals surface area contributed by atoms with Crippen molar-refractivity contribution in [3.05, 3.63) is 35.6 Å². The predicted octanol–water partition coefficient (Wildman–Crippen LogP) is 1.11. The highest BCUT2D eigenvalue weighted by molar-refractivity contribution is 7.89. The lowest BCUT2D eigenvalue weighted by molar-refractivity contribution is -0.128. The van der Waals surface area contributed by atoms with Gasteiger partial charge in [-0.3, -0.25) is 4.79 Å². The second kappa shape index (κ2) is 6.53. The first kappa shape index (κ1) is 15.9. The number of carbonyl (C=O) groups is 1. The number of sulfonamides is 1. The van der Waals surface area contributed by atoms with Crippen LogP contribution < -0.4 is 4.72 Å². The first-order chi connectivity index (χ1) is 9.89. The molecule has 0 aromatic heterocycles. The molecule has 1 saturated heterocycles. The zero-order valence-corrected chi connectivity index (χ0v) is 12.7. The maximum atomic E-state index is 12.8. The van der Waals surface area contributed by atoms with Crippen LogP contribution >= 0.6 is 0 Å². The molecule has 1 heterocycles. The molecule has 21 heavy (non-hydrogen) atoms. The van der Waals surface area contributed by atoms with Crippen LogP contribution in [0.3, 0.4) is 0 Å². The highest BCUT2D eigenvalue weighted by atomic mass is 32.2. The summed E-state index contributed by atoms with van der Waals surface area (Å²) in [6, 6.07) is 6.02. The Morgan fingerprint density at radius 2 is 2.00 bits per heavy atom. The maximum absolute atomic E-state index is 12.8. The third kappa shape index (κ3) is 4.50. The zero-order chi connectivity index (χ0) is 15.5. The molecule has 7 heteroatoms. The standard InChI is InChI=1S/C14H19FN2O3S/c1-2-21(19,20)16-8-12-7-14(18)17(10-12)9-11-3-5-13(15)6-4-11/h3-6,12,16H,2,7-10H2,1H3/t12-/m1/s1. The van der Waals surface area contributed by atoms with Crippen molar-refractivity contribution >= 4 is 15.9 Å². The molecule has 0 spiro atoms. The number of benzene rings is 1. The fourth-order valence-electron chi connectivity index (χ4n) is 2.30. The van der Waals surface area contributed by atoms with Crippen molar-refractivity contribution in [2.45, 2.75) is 19.9 Å². The molecule has 1 fully saturated rings. The quantitative estimate of drug-likeness (QED) is 0.855. The van der Waals surface area contributed by atoms with Crippen LogP contribution in [0.5, 0.6) is 0 Å². The summed E-state index contributed by atoms with van der Waals surface area (Å²) >= 11 is 0. The lowest BCUT2D eigenvalue weighted by Crippen LogP contribution is -2.32. The molecular formula is C14H19FN2O3S. The Morgan fingerprint density at radius 1 is 1.33 bits per heavy atom. The Labute approximate surface area is 124 Å². The second-order valence-electron chi connectivity index (χ2n) is 5.22. The minimum atomic E-state index is -3.23. The van der Waals surface area contributed by atoms with Crippen LogP contribution in [-0.2, 0) is 21.4 Å². The highest BCUT2D eigenvalue weighted by Crippen LogP contribution is 2.20. The minimum Gasteiger partial charge on any atom is -0.338 e. The van der Waals surface area contributed by atoms with Crippen LogP contribution in [0.1, 0.15) is 18.9 Å². The van der Waals surface area contributed by atoms with E-state index in [2.05, 4.69) is 4.72 Å². The molecule has 0 radical (unpaired) electrons. The van der Waals surface area contributed by atoms with Crippen molar-refractivity contribution in [3.8, 4) is 0 Å². The van der Waals surface area contributed by atoms with Crippen molar-refractivity contribution in [1.82, 2.24) is 9.62 Å². The molecule has 1 amide bonds. The summed E-state index contributed by atoms with van der Waals surface area (Å²) < 4.78 is 38.1. The summed E-state index contributed by atoms with van der Waals surface area (Å²) in [6.45, 7) is 2.80. The number of carbonyl (C=O) groups excluding carboxylic acids is 1. The van der Waals surface area contributed by atoms with Gasteiger partial charge in [0.1, 0.15) is 5.82 Å². The van der Waals surface area contributed by atoms with Gasteiger partial charge in [-0.1, -0.05) is 12.1 Å². The van der Waals surface area contributed by atoms with Gasteiger partial charge in [-0.05, 0) is 30.5 Å². The highest BCUT2D eigenvalue weighted by Gasteiger charge is 2.30. The molecule has 0 saturated carbocycles. The number of amides is 1. The Kier molecular flexibility index (Phi) is 4.95. The normalized spacial score (nSPS) is 19.2. The van der Waals surface area contributed by atoms with Gasteiger partial charge in [0, 0.05) is 26.1 Å². The molecule has 1 aromatic rings. The van der Waals surface area contributed by atoms with Crippen molar-refractivity contribution in [3.63, 3.8) is 0 Å². The molecule has 5 nitrogen and oxygen atoms in total. The third-order valence-corrected chi connectivity index (χ3v) is 4.92. The molecule has 1 N–H and O–H groups in total. The van der Waals surface area contributed by atoms with Crippen LogP contribution in [-0.4, -0.2) is 38.1 Å². The van der Waals surface area contributed by atoms with Crippen molar-refractivity contribution < 1.29 is 17.6 Å². The van der Waals surface area contributed by atoms with Gasteiger partial charge >= 0.3 is 0 Å². The summed E-state index contributed by atoms with van der Waals surface area (Å²) in [5, 5.41) is 0. The number of rotatable bonds is 6. The SMILES string of the molecule is CCS(=O)(=O)NC[C@H]1CC(=O)N(Cc2ccc(F)cc2)C1. The zero-order valence-electron chi connectivity index (χ0n) is 11.9. The molecule has 0 aliphatic carbocycles. The van der Waals surface area contributed by atoms with Gasteiger partial charge in [-0.25, -0.2) is 17.5 Å². The van der Waals surface area contributed by atoms with Crippen molar-refractivity contribution in [2.75, 3.05) is 18.8 Å². The lowest BCUT2D eigenvalue weighted by atomic mass is 10.1. The number of halogens is 1.